The van der Waals surface area contributed by atoms with E-state index in [1.807, 2.05) is 0 Å². The highest BCUT2D eigenvalue weighted by Gasteiger charge is 2.27. The maximum Gasteiger partial charge on any atom is 0.280 e. The van der Waals surface area contributed by atoms with Crippen molar-refractivity contribution in [2.24, 2.45) is 4.99 Å². The summed E-state index contributed by atoms with van der Waals surface area (Å²) in [5.74, 6) is 1.02. The molecule has 1 saturated heterocycles. The van der Waals surface area contributed by atoms with E-state index < -0.39 is 14.8 Å². The van der Waals surface area contributed by atoms with Gasteiger partial charge in [0.05, 0.1) is 34.2 Å². The Morgan fingerprint density at radius 3 is 2.74 bits per heavy atom. The van der Waals surface area contributed by atoms with Gasteiger partial charge in [-0.1, -0.05) is 12.1 Å². The van der Waals surface area contributed by atoms with Crippen LogP contribution in [0.2, 0.25) is 0 Å². The first kappa shape index (κ1) is 15.4. The lowest BCUT2D eigenvalue weighted by Crippen LogP contribution is -2.07. The molecule has 120 valence electrons. The van der Waals surface area contributed by atoms with Crippen LogP contribution < -0.4 is 0 Å². The molecule has 0 amide bonds. The molecular formula is C15H14N2O5S. The standard InChI is InChI=1S/C15H14N2O5S/c18-17(19)14-4-2-1-3-13(14)15-6-5-12(22-15)9-16-11-7-8-23(20,21)10-11/h1-6,9,11H,7-8,10H2. The largest absolute Gasteiger partial charge is 0.455 e. The molecule has 0 radical (unpaired) electrons. The van der Waals surface area contributed by atoms with E-state index in [2.05, 4.69) is 4.99 Å². The van der Waals surface area contributed by atoms with Gasteiger partial charge in [0.25, 0.3) is 5.69 Å². The summed E-state index contributed by atoms with van der Waals surface area (Å²) in [5, 5.41) is 11.0. The summed E-state index contributed by atoms with van der Waals surface area (Å²) in [5.41, 5.74) is 0.354. The zero-order chi connectivity index (χ0) is 16.4. The maximum absolute atomic E-state index is 11.4. The van der Waals surface area contributed by atoms with E-state index in [1.54, 1.807) is 30.3 Å². The minimum atomic E-state index is -2.97. The van der Waals surface area contributed by atoms with Gasteiger partial charge in [-0.05, 0) is 24.6 Å². The summed E-state index contributed by atoms with van der Waals surface area (Å²) in [6.07, 6.45) is 1.99. The number of hydrogen-bond acceptors (Lipinski definition) is 6. The molecule has 2 aromatic rings. The van der Waals surface area contributed by atoms with Crippen LogP contribution in [-0.2, 0) is 9.84 Å². The molecule has 23 heavy (non-hydrogen) atoms. The Labute approximate surface area is 132 Å². The fourth-order valence-electron chi connectivity index (χ4n) is 2.48. The summed E-state index contributed by atoms with van der Waals surface area (Å²) in [6.45, 7) is 0. The topological polar surface area (TPSA) is 103 Å². The lowest BCUT2D eigenvalue weighted by atomic mass is 10.1. The van der Waals surface area contributed by atoms with Gasteiger partial charge in [-0.3, -0.25) is 15.1 Å². The zero-order valence-corrected chi connectivity index (χ0v) is 12.9. The van der Waals surface area contributed by atoms with Gasteiger partial charge in [-0.2, -0.15) is 0 Å². The normalized spacial score (nSPS) is 20.1. The van der Waals surface area contributed by atoms with Crippen molar-refractivity contribution in [1.82, 2.24) is 0 Å². The van der Waals surface area contributed by atoms with Crippen LogP contribution in [0.25, 0.3) is 11.3 Å². The number of nitro benzene ring substituents is 1. The van der Waals surface area contributed by atoms with E-state index in [4.69, 9.17) is 4.42 Å². The Hall–Kier alpha value is -2.48. The van der Waals surface area contributed by atoms with Crippen molar-refractivity contribution in [1.29, 1.82) is 0 Å². The van der Waals surface area contributed by atoms with E-state index in [-0.39, 0.29) is 23.2 Å². The minimum absolute atomic E-state index is 0.0350. The second-order valence-electron chi connectivity index (χ2n) is 5.31. The third-order valence-corrected chi connectivity index (χ3v) is 5.36. The molecule has 7 nitrogen and oxygen atoms in total. The second kappa shape index (κ2) is 5.96. The van der Waals surface area contributed by atoms with Crippen molar-refractivity contribution in [3.8, 4) is 11.3 Å². The van der Waals surface area contributed by atoms with Crippen LogP contribution in [-0.4, -0.2) is 37.1 Å². The number of hydrogen-bond donors (Lipinski definition) is 0. The summed E-state index contributed by atoms with van der Waals surface area (Å²) >= 11 is 0. The van der Waals surface area contributed by atoms with Gasteiger partial charge in [0.2, 0.25) is 0 Å². The Morgan fingerprint density at radius 1 is 1.26 bits per heavy atom. The van der Waals surface area contributed by atoms with Crippen molar-refractivity contribution < 1.29 is 17.8 Å². The number of aliphatic imine (C=N–C) groups is 1. The molecule has 8 heteroatoms. The quantitative estimate of drug-likeness (QED) is 0.485. The van der Waals surface area contributed by atoms with Crippen molar-refractivity contribution in [2.75, 3.05) is 11.5 Å². The molecule has 2 heterocycles. The summed E-state index contributed by atoms with van der Waals surface area (Å²) in [4.78, 5) is 14.8. The van der Waals surface area contributed by atoms with Crippen molar-refractivity contribution in [3.63, 3.8) is 0 Å². The zero-order valence-electron chi connectivity index (χ0n) is 12.1. The van der Waals surface area contributed by atoms with E-state index in [0.29, 0.717) is 23.5 Å². The first-order valence-corrected chi connectivity index (χ1v) is 8.84. The van der Waals surface area contributed by atoms with E-state index in [9.17, 15) is 18.5 Å². The van der Waals surface area contributed by atoms with Gasteiger partial charge in [0, 0.05) is 6.07 Å². The highest BCUT2D eigenvalue weighted by molar-refractivity contribution is 7.91. The van der Waals surface area contributed by atoms with Crippen LogP contribution in [0.5, 0.6) is 0 Å². The minimum Gasteiger partial charge on any atom is -0.455 e. The Morgan fingerprint density at radius 2 is 2.04 bits per heavy atom. The first-order valence-electron chi connectivity index (χ1n) is 7.02. The number of rotatable bonds is 4. The first-order chi connectivity index (χ1) is 10.9. The van der Waals surface area contributed by atoms with Gasteiger partial charge in [-0.15, -0.1) is 0 Å². The fourth-order valence-corrected chi connectivity index (χ4v) is 4.12. The number of furan rings is 1. The molecular weight excluding hydrogens is 320 g/mol. The highest BCUT2D eigenvalue weighted by Crippen LogP contribution is 2.30. The van der Waals surface area contributed by atoms with Crippen LogP contribution in [0, 0.1) is 10.1 Å². The molecule has 1 aromatic carbocycles. The smallest absolute Gasteiger partial charge is 0.280 e. The van der Waals surface area contributed by atoms with Gasteiger partial charge >= 0.3 is 0 Å². The van der Waals surface area contributed by atoms with Crippen LogP contribution in [0.1, 0.15) is 12.2 Å². The van der Waals surface area contributed by atoms with Gasteiger partial charge in [-0.25, -0.2) is 8.42 Å². The summed E-state index contributed by atoms with van der Waals surface area (Å²) < 4.78 is 28.3. The van der Waals surface area contributed by atoms with Crippen molar-refractivity contribution in [2.45, 2.75) is 12.5 Å². The lowest BCUT2D eigenvalue weighted by Gasteiger charge is -1.99. The molecule has 1 aliphatic rings. The van der Waals surface area contributed by atoms with Crippen LogP contribution in [0.4, 0.5) is 5.69 Å². The van der Waals surface area contributed by atoms with E-state index in [0.717, 1.165) is 0 Å². The molecule has 0 saturated carbocycles. The Balaban J connectivity index is 1.80. The number of para-hydroxylation sites is 1. The van der Waals surface area contributed by atoms with Crippen molar-refractivity contribution >= 4 is 21.7 Å². The fraction of sp³-hybridized carbons (Fsp3) is 0.267. The van der Waals surface area contributed by atoms with Gasteiger partial charge in [0.1, 0.15) is 11.5 Å². The van der Waals surface area contributed by atoms with Gasteiger partial charge < -0.3 is 4.42 Å². The average molecular weight is 334 g/mol. The molecule has 1 atom stereocenters. The molecule has 0 N–H and O–H groups in total. The third-order valence-electron chi connectivity index (χ3n) is 3.61. The van der Waals surface area contributed by atoms with Crippen LogP contribution >= 0.6 is 0 Å². The lowest BCUT2D eigenvalue weighted by molar-refractivity contribution is -0.384. The maximum atomic E-state index is 11.4. The van der Waals surface area contributed by atoms with Crippen LogP contribution in [0.15, 0.2) is 45.8 Å². The monoisotopic (exact) mass is 334 g/mol. The number of nitro groups is 1. The Kier molecular flexibility index (Phi) is 3.99. The van der Waals surface area contributed by atoms with Crippen molar-refractivity contribution in [3.05, 3.63) is 52.3 Å². The summed E-state index contributed by atoms with van der Waals surface area (Å²) in [7, 11) is -2.97. The van der Waals surface area contributed by atoms with E-state index >= 15 is 0 Å². The predicted molar refractivity (Wildman–Crippen MR) is 85.5 cm³/mol. The predicted octanol–water partition coefficient (Wildman–Crippen LogP) is 2.46. The Bertz CT molecular complexity index is 869. The number of nitrogens with zero attached hydrogens (tertiary/aromatic N) is 2. The molecule has 0 spiro atoms. The number of benzene rings is 1. The molecule has 0 aliphatic carbocycles. The van der Waals surface area contributed by atoms with Gasteiger partial charge in [0.15, 0.2) is 9.84 Å². The molecule has 1 aromatic heterocycles. The molecule has 1 unspecified atom stereocenters. The molecule has 1 aliphatic heterocycles. The van der Waals surface area contributed by atoms with Crippen LogP contribution in [0.3, 0.4) is 0 Å². The average Bonchev–Trinajstić information content (AvgIpc) is 3.11. The number of sulfone groups is 1. The van der Waals surface area contributed by atoms with E-state index in [1.165, 1.54) is 12.3 Å². The third kappa shape index (κ3) is 3.48. The molecule has 1 fully saturated rings. The second-order valence-corrected chi connectivity index (χ2v) is 7.54. The SMILES string of the molecule is O=[N+]([O-])c1ccccc1-c1ccc(C=NC2CCS(=O)(=O)C2)o1. The molecule has 0 bridgehead atoms. The molecule has 3 rings (SSSR count). The highest BCUT2D eigenvalue weighted by atomic mass is 32.2. The summed E-state index contributed by atoms with van der Waals surface area (Å²) in [6, 6.07) is 9.35.